The number of nitrogens with one attached hydrogen (secondary N) is 2. The smallest absolute Gasteiger partial charge is 0.324 e. The number of hydrogen-bond acceptors (Lipinski definition) is 5. The molecule has 0 bridgehead atoms. The van der Waals surface area contributed by atoms with E-state index in [1.54, 1.807) is 12.5 Å². The first-order valence-corrected chi connectivity index (χ1v) is 5.86. The molecule has 1 fully saturated rings. The zero-order valence-corrected chi connectivity index (χ0v) is 9.98. The number of aromatic amines is 1. The number of ether oxygens (including phenoxy) is 1. The van der Waals surface area contributed by atoms with Crippen LogP contribution in [0.25, 0.3) is 0 Å². The first-order valence-electron chi connectivity index (χ1n) is 5.86. The van der Waals surface area contributed by atoms with E-state index in [0.29, 0.717) is 6.42 Å². The van der Waals surface area contributed by atoms with E-state index in [2.05, 4.69) is 20.4 Å². The van der Waals surface area contributed by atoms with Crippen molar-refractivity contribution in [1.29, 1.82) is 0 Å². The maximum absolute atomic E-state index is 11.7. The molecule has 1 saturated heterocycles. The fourth-order valence-corrected chi connectivity index (χ4v) is 2.01. The summed E-state index contributed by atoms with van der Waals surface area (Å²) in [6.07, 6.45) is 6.24. The van der Waals surface area contributed by atoms with Gasteiger partial charge >= 0.3 is 5.97 Å². The molecule has 6 heteroatoms. The molecule has 1 atom stereocenters. The van der Waals surface area contributed by atoms with Gasteiger partial charge < -0.3 is 9.72 Å². The molecule has 2 rings (SSSR count). The normalized spacial score (nSPS) is 18.2. The van der Waals surface area contributed by atoms with Crippen molar-refractivity contribution in [2.24, 2.45) is 0 Å². The highest BCUT2D eigenvalue weighted by Crippen LogP contribution is 2.07. The van der Waals surface area contributed by atoms with Gasteiger partial charge in [0, 0.05) is 31.4 Å². The van der Waals surface area contributed by atoms with E-state index in [1.165, 1.54) is 20.0 Å². The van der Waals surface area contributed by atoms with Gasteiger partial charge in [0.1, 0.15) is 6.04 Å². The largest absolute Gasteiger partial charge is 0.468 e. The number of aromatic nitrogens is 2. The van der Waals surface area contributed by atoms with Gasteiger partial charge in [-0.1, -0.05) is 0 Å². The van der Waals surface area contributed by atoms with Crippen molar-refractivity contribution < 1.29 is 9.53 Å². The minimum absolute atomic E-state index is 0.244. The van der Waals surface area contributed by atoms with E-state index in [1.807, 2.05) is 0 Å². The van der Waals surface area contributed by atoms with Crippen LogP contribution in [0.3, 0.4) is 0 Å². The molecule has 17 heavy (non-hydrogen) atoms. The van der Waals surface area contributed by atoms with Crippen molar-refractivity contribution in [3.05, 3.63) is 18.2 Å². The molecule has 1 aliphatic rings. The van der Waals surface area contributed by atoms with Gasteiger partial charge in [-0.15, -0.1) is 0 Å². The second kappa shape index (κ2) is 5.79. The fraction of sp³-hybridized carbons (Fsp3) is 0.636. The second-order valence-corrected chi connectivity index (χ2v) is 4.18. The summed E-state index contributed by atoms with van der Waals surface area (Å²) in [5, 5.41) is 2.08. The van der Waals surface area contributed by atoms with Gasteiger partial charge in [-0.05, 0) is 12.8 Å². The molecule has 1 aromatic rings. The van der Waals surface area contributed by atoms with Crippen LogP contribution in [0, 0.1) is 0 Å². The summed E-state index contributed by atoms with van der Waals surface area (Å²) >= 11 is 0. The minimum atomic E-state index is -0.349. The Morgan fingerprint density at radius 3 is 3.00 bits per heavy atom. The molecule has 2 N–H and O–H groups in total. The molecule has 0 aromatic carbocycles. The van der Waals surface area contributed by atoms with Crippen LogP contribution in [0.15, 0.2) is 12.5 Å². The summed E-state index contributed by atoms with van der Waals surface area (Å²) in [5.41, 5.74) is 4.14. The molecule has 1 aliphatic heterocycles. The number of methoxy groups -OCH3 is 1. The number of nitrogens with zero attached hydrogens (tertiary/aromatic N) is 2. The number of hydrogen-bond donors (Lipinski definition) is 2. The summed E-state index contributed by atoms with van der Waals surface area (Å²) < 4.78 is 4.81. The molecule has 0 spiro atoms. The third kappa shape index (κ3) is 3.28. The van der Waals surface area contributed by atoms with Crippen molar-refractivity contribution in [2.75, 3.05) is 20.2 Å². The highest BCUT2D eigenvalue weighted by atomic mass is 16.5. The van der Waals surface area contributed by atoms with Crippen LogP contribution in [0.1, 0.15) is 18.5 Å². The van der Waals surface area contributed by atoms with Crippen LogP contribution in [0.5, 0.6) is 0 Å². The molecule has 0 saturated carbocycles. The molecule has 2 heterocycles. The van der Waals surface area contributed by atoms with Crippen molar-refractivity contribution in [2.45, 2.75) is 25.3 Å². The van der Waals surface area contributed by atoms with Gasteiger partial charge in [-0.2, -0.15) is 0 Å². The Hall–Kier alpha value is -1.40. The molecule has 94 valence electrons. The monoisotopic (exact) mass is 238 g/mol. The summed E-state index contributed by atoms with van der Waals surface area (Å²) in [5.74, 6) is -0.244. The molecule has 1 aromatic heterocycles. The zero-order chi connectivity index (χ0) is 12.1. The average molecular weight is 238 g/mol. The van der Waals surface area contributed by atoms with Crippen molar-refractivity contribution in [3.8, 4) is 0 Å². The van der Waals surface area contributed by atoms with Crippen LogP contribution < -0.4 is 5.43 Å². The summed E-state index contributed by atoms with van der Waals surface area (Å²) in [6.45, 7) is 1.97. The van der Waals surface area contributed by atoms with Crippen molar-refractivity contribution >= 4 is 5.97 Å². The number of H-pyrrole nitrogens is 1. The number of hydrazine groups is 1. The van der Waals surface area contributed by atoms with E-state index in [-0.39, 0.29) is 12.0 Å². The molecular formula is C11H18N4O2. The van der Waals surface area contributed by atoms with Crippen LogP contribution in [-0.2, 0) is 16.0 Å². The average Bonchev–Trinajstić information content (AvgIpc) is 3.00. The number of imidazole rings is 1. The third-order valence-corrected chi connectivity index (χ3v) is 2.91. The van der Waals surface area contributed by atoms with Crippen LogP contribution in [0.2, 0.25) is 0 Å². The lowest BCUT2D eigenvalue weighted by Crippen LogP contribution is -2.48. The predicted octanol–water partition coefficient (Wildman–Crippen LogP) is 0.0942. The second-order valence-electron chi connectivity index (χ2n) is 4.18. The first-order chi connectivity index (χ1) is 8.29. The molecule has 0 amide bonds. The van der Waals surface area contributed by atoms with Crippen LogP contribution in [-0.4, -0.2) is 47.2 Å². The number of carbonyl (C=O) groups excluding carboxylic acids is 1. The van der Waals surface area contributed by atoms with Gasteiger partial charge in [0.15, 0.2) is 0 Å². The maximum atomic E-state index is 11.7. The lowest BCUT2D eigenvalue weighted by molar-refractivity contribution is -0.144. The Bertz CT molecular complexity index is 346. The molecule has 6 nitrogen and oxygen atoms in total. The Balaban J connectivity index is 1.94. The SMILES string of the molecule is COC(=O)[C@H](Cc1cnc[nH]1)NN1CCCC1. The first kappa shape index (κ1) is 12.1. The zero-order valence-electron chi connectivity index (χ0n) is 9.98. The lowest BCUT2D eigenvalue weighted by Gasteiger charge is -2.23. The predicted molar refractivity (Wildman–Crippen MR) is 62.0 cm³/mol. The van der Waals surface area contributed by atoms with E-state index in [0.717, 1.165) is 18.8 Å². The summed E-state index contributed by atoms with van der Waals surface area (Å²) in [7, 11) is 1.41. The van der Waals surface area contributed by atoms with Gasteiger partial charge in [0.2, 0.25) is 0 Å². The van der Waals surface area contributed by atoms with Crippen molar-refractivity contribution in [3.63, 3.8) is 0 Å². The molecule has 0 unspecified atom stereocenters. The third-order valence-electron chi connectivity index (χ3n) is 2.91. The summed E-state index contributed by atoms with van der Waals surface area (Å²) in [4.78, 5) is 18.6. The minimum Gasteiger partial charge on any atom is -0.468 e. The lowest BCUT2D eigenvalue weighted by atomic mass is 10.2. The quantitative estimate of drug-likeness (QED) is 0.712. The Kier molecular flexibility index (Phi) is 4.11. The maximum Gasteiger partial charge on any atom is 0.324 e. The fourth-order valence-electron chi connectivity index (χ4n) is 2.01. The molecule has 0 aliphatic carbocycles. The standard InChI is InChI=1S/C11H18N4O2/c1-17-11(16)10(6-9-7-12-8-13-9)14-15-4-2-3-5-15/h7-8,10,14H,2-6H2,1H3,(H,12,13)/t10-/m0/s1. The van der Waals surface area contributed by atoms with Crippen molar-refractivity contribution in [1.82, 2.24) is 20.4 Å². The number of rotatable bonds is 5. The van der Waals surface area contributed by atoms with Gasteiger partial charge in [0.25, 0.3) is 0 Å². The molecule has 0 radical (unpaired) electrons. The Morgan fingerprint density at radius 2 is 2.41 bits per heavy atom. The van der Waals surface area contributed by atoms with Gasteiger partial charge in [-0.3, -0.25) is 4.79 Å². The van der Waals surface area contributed by atoms with E-state index >= 15 is 0 Å². The number of carbonyl (C=O) groups is 1. The van der Waals surface area contributed by atoms with Crippen LogP contribution in [0.4, 0.5) is 0 Å². The van der Waals surface area contributed by atoms with E-state index < -0.39 is 0 Å². The highest BCUT2D eigenvalue weighted by Gasteiger charge is 2.24. The number of esters is 1. The van der Waals surface area contributed by atoms with Gasteiger partial charge in [-0.25, -0.2) is 15.4 Å². The van der Waals surface area contributed by atoms with E-state index in [9.17, 15) is 4.79 Å². The highest BCUT2D eigenvalue weighted by molar-refractivity contribution is 5.75. The topological polar surface area (TPSA) is 70.2 Å². The van der Waals surface area contributed by atoms with E-state index in [4.69, 9.17) is 4.74 Å². The Morgan fingerprint density at radius 1 is 1.65 bits per heavy atom. The summed E-state index contributed by atoms with van der Waals surface area (Å²) in [6, 6.07) is -0.349. The van der Waals surface area contributed by atoms with Crippen LogP contribution >= 0.6 is 0 Å². The van der Waals surface area contributed by atoms with Gasteiger partial charge in [0.05, 0.1) is 13.4 Å². The molecular weight excluding hydrogens is 220 g/mol. The Labute approximate surface area is 100 Å².